The van der Waals surface area contributed by atoms with Gasteiger partial charge in [0.1, 0.15) is 5.82 Å². The van der Waals surface area contributed by atoms with Crippen molar-refractivity contribution in [2.45, 2.75) is 12.6 Å². The highest BCUT2D eigenvalue weighted by Crippen LogP contribution is 2.29. The smallest absolute Gasteiger partial charge is 0.259 e. The molecule has 1 N–H and O–H groups in total. The maximum atomic E-state index is 13.3. The van der Waals surface area contributed by atoms with Crippen LogP contribution in [-0.2, 0) is 11.2 Å². The minimum atomic E-state index is -1.59. The Morgan fingerprint density at radius 1 is 1.50 bits per heavy atom. The van der Waals surface area contributed by atoms with Crippen LogP contribution in [-0.4, -0.2) is 12.1 Å². The van der Waals surface area contributed by atoms with Crippen molar-refractivity contribution >= 4 is 27.5 Å². The van der Waals surface area contributed by atoms with E-state index < -0.39 is 17.9 Å². The fraction of sp³-hybridized carbons (Fsp3) is 0.222. The molecule has 1 unspecified atom stereocenters. The van der Waals surface area contributed by atoms with Crippen LogP contribution in [0.2, 0.25) is 0 Å². The number of rotatable bonds is 0. The Morgan fingerprint density at radius 3 is 2.93 bits per heavy atom. The van der Waals surface area contributed by atoms with Crippen molar-refractivity contribution in [3.05, 3.63) is 28.0 Å². The van der Waals surface area contributed by atoms with Crippen LogP contribution in [0.4, 0.5) is 14.5 Å². The van der Waals surface area contributed by atoms with E-state index in [0.717, 1.165) is 0 Å². The monoisotopic (exact) mass is 261 g/mol. The summed E-state index contributed by atoms with van der Waals surface area (Å²) >= 11 is 3.10. The van der Waals surface area contributed by atoms with Crippen LogP contribution in [0.25, 0.3) is 0 Å². The Labute approximate surface area is 87.4 Å². The molecule has 1 aromatic rings. The predicted octanol–water partition coefficient (Wildman–Crippen LogP) is 2.42. The fourth-order valence-electron chi connectivity index (χ4n) is 1.42. The highest BCUT2D eigenvalue weighted by atomic mass is 79.9. The number of halogens is 3. The molecule has 5 heteroatoms. The van der Waals surface area contributed by atoms with Gasteiger partial charge in [-0.15, -0.1) is 0 Å². The van der Waals surface area contributed by atoms with Crippen LogP contribution in [0.15, 0.2) is 16.6 Å². The van der Waals surface area contributed by atoms with E-state index in [4.69, 9.17) is 0 Å². The Kier molecular flexibility index (Phi) is 2.26. The second kappa shape index (κ2) is 3.31. The highest BCUT2D eigenvalue weighted by Gasteiger charge is 2.27. The Bertz CT molecular complexity index is 408. The molecule has 1 aliphatic heterocycles. The zero-order valence-electron chi connectivity index (χ0n) is 6.98. The van der Waals surface area contributed by atoms with Crippen LogP contribution >= 0.6 is 15.9 Å². The zero-order valence-corrected chi connectivity index (χ0v) is 8.57. The second-order valence-electron chi connectivity index (χ2n) is 3.08. The molecule has 2 rings (SSSR count). The summed E-state index contributed by atoms with van der Waals surface area (Å²) in [5, 5.41) is 2.20. The molecule has 74 valence electrons. The Balaban J connectivity index is 2.51. The predicted molar refractivity (Wildman–Crippen MR) is 51.3 cm³/mol. The van der Waals surface area contributed by atoms with Gasteiger partial charge < -0.3 is 5.32 Å². The lowest BCUT2D eigenvalue weighted by Gasteiger charge is -2.20. The number of anilines is 1. The number of benzene rings is 1. The first-order valence-electron chi connectivity index (χ1n) is 4.01. The van der Waals surface area contributed by atoms with Gasteiger partial charge in [-0.05, 0) is 17.7 Å². The summed E-state index contributed by atoms with van der Waals surface area (Å²) < 4.78 is 26.8. The van der Waals surface area contributed by atoms with Gasteiger partial charge in [0.15, 0.2) is 6.17 Å². The van der Waals surface area contributed by atoms with E-state index in [1.54, 1.807) is 6.07 Å². The van der Waals surface area contributed by atoms with Crippen LogP contribution < -0.4 is 5.32 Å². The van der Waals surface area contributed by atoms with Gasteiger partial charge in [-0.3, -0.25) is 4.79 Å². The standard InChI is InChI=1S/C9H6BrF2NO/c10-5-1-4-2-7(12)9(14)13-8(4)6(11)3-5/h1,3,7H,2H2,(H,13,14). The quantitative estimate of drug-likeness (QED) is 0.764. The van der Waals surface area contributed by atoms with Gasteiger partial charge in [0.2, 0.25) is 0 Å². The number of alkyl halides is 1. The van der Waals surface area contributed by atoms with E-state index in [1.807, 2.05) is 0 Å². The van der Waals surface area contributed by atoms with E-state index in [0.29, 0.717) is 10.0 Å². The van der Waals surface area contributed by atoms with Crippen LogP contribution in [0, 0.1) is 5.82 Å². The molecular weight excluding hydrogens is 256 g/mol. The lowest BCUT2D eigenvalue weighted by molar-refractivity contribution is -0.121. The number of hydrogen-bond acceptors (Lipinski definition) is 1. The summed E-state index contributed by atoms with van der Waals surface area (Å²) in [4.78, 5) is 10.9. The molecule has 0 spiro atoms. The average Bonchev–Trinajstić information content (AvgIpc) is 2.08. The summed E-state index contributed by atoms with van der Waals surface area (Å²) in [6, 6.07) is 2.84. The molecule has 0 aromatic heterocycles. The van der Waals surface area contributed by atoms with Crippen LogP contribution in [0.1, 0.15) is 5.56 Å². The van der Waals surface area contributed by atoms with Crippen molar-refractivity contribution in [3.63, 3.8) is 0 Å². The third-order valence-corrected chi connectivity index (χ3v) is 2.53. The first kappa shape index (κ1) is 9.58. The van der Waals surface area contributed by atoms with Gasteiger partial charge >= 0.3 is 0 Å². The number of fused-ring (bicyclic) bond motifs is 1. The van der Waals surface area contributed by atoms with Gasteiger partial charge in [-0.1, -0.05) is 15.9 Å². The van der Waals surface area contributed by atoms with E-state index in [1.165, 1.54) is 6.07 Å². The molecule has 1 atom stereocenters. The van der Waals surface area contributed by atoms with Crippen molar-refractivity contribution in [2.24, 2.45) is 0 Å². The van der Waals surface area contributed by atoms with Crippen LogP contribution in [0.5, 0.6) is 0 Å². The topological polar surface area (TPSA) is 29.1 Å². The molecule has 0 bridgehead atoms. The summed E-state index contributed by atoms with van der Waals surface area (Å²) in [7, 11) is 0. The minimum Gasteiger partial charge on any atom is -0.321 e. The summed E-state index contributed by atoms with van der Waals surface area (Å²) in [6.45, 7) is 0. The number of carbonyl (C=O) groups is 1. The van der Waals surface area contributed by atoms with E-state index in [-0.39, 0.29) is 12.1 Å². The molecular formula is C9H6BrF2NO. The third kappa shape index (κ3) is 1.52. The van der Waals surface area contributed by atoms with E-state index >= 15 is 0 Å². The number of hydrogen-bond donors (Lipinski definition) is 1. The molecule has 1 aromatic carbocycles. The van der Waals surface area contributed by atoms with E-state index in [9.17, 15) is 13.6 Å². The van der Waals surface area contributed by atoms with Crippen molar-refractivity contribution in [1.82, 2.24) is 0 Å². The zero-order chi connectivity index (χ0) is 10.3. The van der Waals surface area contributed by atoms with Gasteiger partial charge in [0.25, 0.3) is 5.91 Å². The first-order chi connectivity index (χ1) is 6.58. The number of amides is 1. The van der Waals surface area contributed by atoms with Crippen molar-refractivity contribution in [3.8, 4) is 0 Å². The third-order valence-electron chi connectivity index (χ3n) is 2.07. The van der Waals surface area contributed by atoms with Gasteiger partial charge in [0, 0.05) is 10.9 Å². The second-order valence-corrected chi connectivity index (χ2v) is 4.00. The van der Waals surface area contributed by atoms with Crippen LogP contribution in [0.3, 0.4) is 0 Å². The minimum absolute atomic E-state index is 0.0719. The summed E-state index contributed by atoms with van der Waals surface area (Å²) in [5.41, 5.74) is 0.566. The maximum absolute atomic E-state index is 13.3. The SMILES string of the molecule is O=C1Nc2c(F)cc(Br)cc2CC1F. The molecule has 14 heavy (non-hydrogen) atoms. The molecule has 0 fully saturated rings. The molecule has 0 aliphatic carbocycles. The van der Waals surface area contributed by atoms with Crippen molar-refractivity contribution in [2.75, 3.05) is 5.32 Å². The van der Waals surface area contributed by atoms with Gasteiger partial charge in [0.05, 0.1) is 5.69 Å². The Morgan fingerprint density at radius 2 is 2.21 bits per heavy atom. The maximum Gasteiger partial charge on any atom is 0.259 e. The largest absolute Gasteiger partial charge is 0.321 e. The molecule has 0 saturated carbocycles. The number of nitrogens with one attached hydrogen (secondary N) is 1. The first-order valence-corrected chi connectivity index (χ1v) is 4.80. The Hall–Kier alpha value is -0.970. The van der Waals surface area contributed by atoms with Crippen molar-refractivity contribution < 1.29 is 13.6 Å². The molecule has 1 aliphatic rings. The molecule has 1 amide bonds. The lowest BCUT2D eigenvalue weighted by Crippen LogP contribution is -2.31. The molecule has 2 nitrogen and oxygen atoms in total. The normalized spacial score (nSPS) is 20.2. The highest BCUT2D eigenvalue weighted by molar-refractivity contribution is 9.10. The van der Waals surface area contributed by atoms with Crippen molar-refractivity contribution in [1.29, 1.82) is 0 Å². The molecule has 1 heterocycles. The average molecular weight is 262 g/mol. The molecule has 0 saturated heterocycles. The summed E-state index contributed by atoms with van der Waals surface area (Å²) in [6.07, 6.45) is -1.66. The fourth-order valence-corrected chi connectivity index (χ4v) is 1.89. The lowest BCUT2D eigenvalue weighted by atomic mass is 10.0. The van der Waals surface area contributed by atoms with Gasteiger partial charge in [-0.2, -0.15) is 0 Å². The molecule has 0 radical (unpaired) electrons. The van der Waals surface area contributed by atoms with Gasteiger partial charge in [-0.25, -0.2) is 8.78 Å². The number of carbonyl (C=O) groups excluding carboxylic acids is 1. The van der Waals surface area contributed by atoms with E-state index in [2.05, 4.69) is 21.2 Å². The summed E-state index contributed by atoms with van der Waals surface area (Å²) in [5.74, 6) is -1.33.